The first kappa shape index (κ1) is 13.0. The summed E-state index contributed by atoms with van der Waals surface area (Å²) in [5.74, 6) is -0.264. The molecule has 0 radical (unpaired) electrons. The highest BCUT2D eigenvalue weighted by molar-refractivity contribution is 5.94. The summed E-state index contributed by atoms with van der Waals surface area (Å²) in [5.41, 5.74) is 6.73. The lowest BCUT2D eigenvalue weighted by Gasteiger charge is -2.27. The van der Waals surface area contributed by atoms with Gasteiger partial charge in [-0.2, -0.15) is 0 Å². The van der Waals surface area contributed by atoms with E-state index in [2.05, 4.69) is 0 Å². The Balaban J connectivity index is 2.21. The summed E-state index contributed by atoms with van der Waals surface area (Å²) in [6.45, 7) is 2.28. The second kappa shape index (κ2) is 5.06. The first-order valence-corrected chi connectivity index (χ1v) is 6.28. The molecule has 1 aliphatic rings. The Morgan fingerprint density at radius 1 is 1.56 bits per heavy atom. The number of aryl methyl sites for hydroxylation is 1. The zero-order valence-electron chi connectivity index (χ0n) is 10.8. The van der Waals surface area contributed by atoms with E-state index >= 15 is 0 Å². The van der Waals surface area contributed by atoms with Crippen molar-refractivity contribution in [3.05, 3.63) is 35.1 Å². The van der Waals surface area contributed by atoms with Crippen molar-refractivity contribution in [1.29, 1.82) is 0 Å². The van der Waals surface area contributed by atoms with Crippen LogP contribution in [-0.4, -0.2) is 30.4 Å². The van der Waals surface area contributed by atoms with Crippen LogP contribution in [0.3, 0.4) is 0 Å². The van der Waals surface area contributed by atoms with E-state index in [1.807, 2.05) is 6.92 Å². The Kier molecular flexibility index (Phi) is 3.66. The predicted octanol–water partition coefficient (Wildman–Crippen LogP) is 1.94. The number of carbonyl (C=O) groups is 1. The van der Waals surface area contributed by atoms with Crippen LogP contribution in [0.15, 0.2) is 18.2 Å². The molecule has 0 saturated heterocycles. The second-order valence-electron chi connectivity index (χ2n) is 5.04. The maximum atomic E-state index is 13.7. The van der Waals surface area contributed by atoms with Crippen LogP contribution in [0.5, 0.6) is 0 Å². The molecule has 1 aliphatic carbocycles. The first-order valence-electron chi connectivity index (χ1n) is 6.28. The fourth-order valence-corrected chi connectivity index (χ4v) is 2.29. The van der Waals surface area contributed by atoms with E-state index in [9.17, 15) is 9.18 Å². The third-order valence-electron chi connectivity index (χ3n) is 3.58. The molecule has 1 atom stereocenters. The van der Waals surface area contributed by atoms with Crippen LogP contribution in [0.4, 0.5) is 4.39 Å². The van der Waals surface area contributed by atoms with Crippen molar-refractivity contribution in [2.45, 2.75) is 25.8 Å². The Morgan fingerprint density at radius 3 is 2.78 bits per heavy atom. The molecule has 0 aliphatic heterocycles. The second-order valence-corrected chi connectivity index (χ2v) is 5.04. The molecule has 1 saturated carbocycles. The minimum atomic E-state index is -0.469. The number of benzene rings is 1. The molecular weight excluding hydrogens is 231 g/mol. The van der Waals surface area contributed by atoms with Crippen molar-refractivity contribution in [2.24, 2.45) is 11.7 Å². The van der Waals surface area contributed by atoms with Crippen LogP contribution in [0.2, 0.25) is 0 Å². The topological polar surface area (TPSA) is 46.3 Å². The minimum absolute atomic E-state index is 0.0254. The van der Waals surface area contributed by atoms with E-state index in [0.29, 0.717) is 12.5 Å². The zero-order chi connectivity index (χ0) is 13.3. The van der Waals surface area contributed by atoms with Gasteiger partial charge in [-0.25, -0.2) is 4.39 Å². The molecule has 1 aromatic rings. The van der Waals surface area contributed by atoms with Gasteiger partial charge in [0.25, 0.3) is 5.91 Å². The molecule has 18 heavy (non-hydrogen) atoms. The Labute approximate surface area is 107 Å². The van der Waals surface area contributed by atoms with Gasteiger partial charge >= 0.3 is 0 Å². The summed E-state index contributed by atoms with van der Waals surface area (Å²) in [6.07, 6.45) is 2.21. The lowest BCUT2D eigenvalue weighted by atomic mass is 10.1. The smallest absolute Gasteiger partial charge is 0.256 e. The number of hydrogen-bond donors (Lipinski definition) is 1. The van der Waals surface area contributed by atoms with E-state index in [0.717, 1.165) is 18.4 Å². The summed E-state index contributed by atoms with van der Waals surface area (Å²) in [6, 6.07) is 4.62. The van der Waals surface area contributed by atoms with Crippen molar-refractivity contribution >= 4 is 5.91 Å². The summed E-state index contributed by atoms with van der Waals surface area (Å²) in [5, 5.41) is 0. The number of nitrogens with zero attached hydrogens (tertiary/aromatic N) is 1. The molecule has 2 N–H and O–H groups in total. The summed E-state index contributed by atoms with van der Waals surface area (Å²) in [7, 11) is 1.71. The number of nitrogens with two attached hydrogens (primary N) is 1. The van der Waals surface area contributed by atoms with Crippen LogP contribution < -0.4 is 5.73 Å². The van der Waals surface area contributed by atoms with Crippen molar-refractivity contribution in [2.75, 3.05) is 13.6 Å². The quantitative estimate of drug-likeness (QED) is 0.887. The SMILES string of the molecule is Cc1ccc(F)c(C(=O)N(C)C(CN)C2CC2)c1. The van der Waals surface area contributed by atoms with Gasteiger partial charge in [-0.15, -0.1) is 0 Å². The molecule has 0 bridgehead atoms. The molecule has 1 fully saturated rings. The highest BCUT2D eigenvalue weighted by Gasteiger charge is 2.35. The van der Waals surface area contributed by atoms with Gasteiger partial charge in [-0.05, 0) is 37.8 Å². The molecule has 0 spiro atoms. The molecule has 0 aromatic heterocycles. The van der Waals surface area contributed by atoms with Gasteiger partial charge < -0.3 is 10.6 Å². The third-order valence-corrected chi connectivity index (χ3v) is 3.58. The van der Waals surface area contributed by atoms with Gasteiger partial charge in [-0.3, -0.25) is 4.79 Å². The van der Waals surface area contributed by atoms with E-state index in [1.165, 1.54) is 6.07 Å². The zero-order valence-corrected chi connectivity index (χ0v) is 10.8. The largest absolute Gasteiger partial charge is 0.337 e. The predicted molar refractivity (Wildman–Crippen MR) is 68.8 cm³/mol. The Hall–Kier alpha value is -1.42. The highest BCUT2D eigenvalue weighted by atomic mass is 19.1. The Bertz CT molecular complexity index is 457. The van der Waals surface area contributed by atoms with Crippen LogP contribution in [-0.2, 0) is 0 Å². The standard InChI is InChI=1S/C14H19FN2O/c1-9-3-6-12(15)11(7-9)14(18)17(2)13(8-16)10-4-5-10/h3,6-7,10,13H,4-5,8,16H2,1-2H3. The van der Waals surface area contributed by atoms with Crippen molar-refractivity contribution in [1.82, 2.24) is 4.90 Å². The van der Waals surface area contributed by atoms with Crippen LogP contribution in [0.25, 0.3) is 0 Å². The molecule has 2 rings (SSSR count). The highest BCUT2D eigenvalue weighted by Crippen LogP contribution is 2.35. The molecule has 1 unspecified atom stereocenters. The van der Waals surface area contributed by atoms with Crippen LogP contribution in [0, 0.1) is 18.7 Å². The number of hydrogen-bond acceptors (Lipinski definition) is 2. The van der Waals surface area contributed by atoms with Crippen LogP contribution >= 0.6 is 0 Å². The normalized spacial score (nSPS) is 16.4. The number of carbonyl (C=O) groups excluding carboxylic acids is 1. The van der Waals surface area contributed by atoms with Crippen LogP contribution in [0.1, 0.15) is 28.8 Å². The lowest BCUT2D eigenvalue weighted by molar-refractivity contribution is 0.0714. The average molecular weight is 250 g/mol. The lowest BCUT2D eigenvalue weighted by Crippen LogP contribution is -2.43. The van der Waals surface area contributed by atoms with Gasteiger partial charge in [0.15, 0.2) is 0 Å². The van der Waals surface area contributed by atoms with Gasteiger partial charge in [0.2, 0.25) is 0 Å². The molecule has 1 amide bonds. The molecular formula is C14H19FN2O. The molecule has 1 aromatic carbocycles. The van der Waals surface area contributed by atoms with E-state index < -0.39 is 5.82 Å². The third kappa shape index (κ3) is 2.53. The average Bonchev–Trinajstić information content (AvgIpc) is 3.16. The monoisotopic (exact) mass is 250 g/mol. The number of halogens is 1. The van der Waals surface area contributed by atoms with Gasteiger partial charge in [0.05, 0.1) is 5.56 Å². The summed E-state index contributed by atoms with van der Waals surface area (Å²) >= 11 is 0. The van der Waals surface area contributed by atoms with Crippen molar-refractivity contribution in [3.63, 3.8) is 0 Å². The number of likely N-dealkylation sites (N-methyl/N-ethyl adjacent to an activating group) is 1. The Morgan fingerprint density at radius 2 is 2.22 bits per heavy atom. The first-order chi connectivity index (χ1) is 8.54. The van der Waals surface area contributed by atoms with Gasteiger partial charge in [-0.1, -0.05) is 11.6 Å². The molecule has 0 heterocycles. The van der Waals surface area contributed by atoms with Crippen molar-refractivity contribution < 1.29 is 9.18 Å². The summed E-state index contributed by atoms with van der Waals surface area (Å²) in [4.78, 5) is 13.9. The number of amides is 1. The molecule has 98 valence electrons. The van der Waals surface area contributed by atoms with Gasteiger partial charge in [0, 0.05) is 19.6 Å². The fourth-order valence-electron chi connectivity index (χ4n) is 2.29. The number of rotatable bonds is 4. The van der Waals surface area contributed by atoms with E-state index in [1.54, 1.807) is 24.1 Å². The van der Waals surface area contributed by atoms with Gasteiger partial charge in [0.1, 0.15) is 5.82 Å². The maximum Gasteiger partial charge on any atom is 0.256 e. The van der Waals surface area contributed by atoms with E-state index in [-0.39, 0.29) is 17.5 Å². The van der Waals surface area contributed by atoms with E-state index in [4.69, 9.17) is 5.73 Å². The molecule has 3 nitrogen and oxygen atoms in total. The minimum Gasteiger partial charge on any atom is -0.337 e. The fraction of sp³-hybridized carbons (Fsp3) is 0.500. The maximum absolute atomic E-state index is 13.7. The summed E-state index contributed by atoms with van der Waals surface area (Å²) < 4.78 is 13.7. The van der Waals surface area contributed by atoms with Crippen molar-refractivity contribution in [3.8, 4) is 0 Å². The molecule has 4 heteroatoms.